The number of nitrogens with zero attached hydrogens (tertiary/aromatic N) is 2. The van der Waals surface area contributed by atoms with Crippen LogP contribution in [0.5, 0.6) is 0 Å². The number of hydrogen-bond acceptors (Lipinski definition) is 3. The highest BCUT2D eigenvalue weighted by Crippen LogP contribution is 2.15. The summed E-state index contributed by atoms with van der Waals surface area (Å²) < 4.78 is 5.06. The topological polar surface area (TPSA) is 42.4 Å². The minimum atomic E-state index is -0.0290. The fraction of sp³-hybridized carbons (Fsp3) is 0.600. The Morgan fingerprint density at radius 3 is 2.70 bits per heavy atom. The number of ether oxygens (including phenoxy) is 1. The molecule has 0 saturated carbocycles. The first-order valence-corrected chi connectivity index (χ1v) is 7.33. The summed E-state index contributed by atoms with van der Waals surface area (Å²) in [7, 11) is 1.63. The number of carbonyl (C=O) groups excluding carboxylic acids is 1. The van der Waals surface area contributed by atoms with Crippen molar-refractivity contribution in [2.75, 3.05) is 20.3 Å². The summed E-state index contributed by atoms with van der Waals surface area (Å²) in [5.74, 6) is -0.0290. The SMILES string of the molecule is CCCc1cc(C(=O)N(CCOC)C(C)C)cc(Cl)n1. The van der Waals surface area contributed by atoms with E-state index in [9.17, 15) is 4.79 Å². The molecule has 0 N–H and O–H groups in total. The Balaban J connectivity index is 2.98. The highest BCUT2D eigenvalue weighted by molar-refractivity contribution is 6.29. The van der Waals surface area contributed by atoms with Gasteiger partial charge in [0.15, 0.2) is 0 Å². The van der Waals surface area contributed by atoms with Crippen molar-refractivity contribution >= 4 is 17.5 Å². The van der Waals surface area contributed by atoms with Gasteiger partial charge in [-0.1, -0.05) is 24.9 Å². The average molecular weight is 299 g/mol. The van der Waals surface area contributed by atoms with Gasteiger partial charge >= 0.3 is 0 Å². The van der Waals surface area contributed by atoms with Gasteiger partial charge in [-0.2, -0.15) is 0 Å². The van der Waals surface area contributed by atoms with Gasteiger partial charge in [0.2, 0.25) is 0 Å². The van der Waals surface area contributed by atoms with Crippen LogP contribution in [0, 0.1) is 0 Å². The lowest BCUT2D eigenvalue weighted by atomic mass is 10.1. The third kappa shape index (κ3) is 4.76. The van der Waals surface area contributed by atoms with Crippen LogP contribution in [0.15, 0.2) is 12.1 Å². The Morgan fingerprint density at radius 1 is 1.45 bits per heavy atom. The van der Waals surface area contributed by atoms with E-state index in [1.54, 1.807) is 18.1 Å². The number of rotatable bonds is 7. The lowest BCUT2D eigenvalue weighted by molar-refractivity contribution is 0.0634. The summed E-state index contributed by atoms with van der Waals surface area (Å²) in [5.41, 5.74) is 1.46. The molecule has 0 radical (unpaired) electrons. The first-order chi connectivity index (χ1) is 9.49. The first kappa shape index (κ1) is 16.9. The maximum Gasteiger partial charge on any atom is 0.254 e. The largest absolute Gasteiger partial charge is 0.383 e. The van der Waals surface area contributed by atoms with Crippen LogP contribution < -0.4 is 0 Å². The molecule has 4 nitrogen and oxygen atoms in total. The van der Waals surface area contributed by atoms with Gasteiger partial charge in [0.25, 0.3) is 5.91 Å². The highest BCUT2D eigenvalue weighted by Gasteiger charge is 2.19. The quantitative estimate of drug-likeness (QED) is 0.726. The van der Waals surface area contributed by atoms with Gasteiger partial charge in [0.05, 0.1) is 6.61 Å². The Labute approximate surface area is 126 Å². The minimum Gasteiger partial charge on any atom is -0.383 e. The van der Waals surface area contributed by atoms with Crippen LogP contribution in [0.2, 0.25) is 5.15 Å². The molecule has 5 heteroatoms. The second-order valence-corrected chi connectivity index (χ2v) is 5.39. The number of carbonyl (C=O) groups is 1. The average Bonchev–Trinajstić information content (AvgIpc) is 2.38. The van der Waals surface area contributed by atoms with Gasteiger partial charge in [0.1, 0.15) is 5.15 Å². The Kier molecular flexibility index (Phi) is 6.96. The molecule has 112 valence electrons. The lowest BCUT2D eigenvalue weighted by Crippen LogP contribution is -2.39. The summed E-state index contributed by atoms with van der Waals surface area (Å²) in [5, 5.41) is 0.370. The number of aromatic nitrogens is 1. The zero-order valence-corrected chi connectivity index (χ0v) is 13.4. The van der Waals surface area contributed by atoms with Crippen LogP contribution in [0.25, 0.3) is 0 Å². The van der Waals surface area contributed by atoms with Gasteiger partial charge < -0.3 is 9.64 Å². The third-order valence-corrected chi connectivity index (χ3v) is 3.21. The summed E-state index contributed by atoms with van der Waals surface area (Å²) in [6, 6.07) is 3.57. The maximum atomic E-state index is 12.6. The molecule has 0 saturated heterocycles. The van der Waals surface area contributed by atoms with Crippen molar-refractivity contribution in [3.63, 3.8) is 0 Å². The molecule has 0 aliphatic heterocycles. The molecule has 1 rings (SSSR count). The van der Waals surface area contributed by atoms with E-state index in [1.165, 1.54) is 0 Å². The monoisotopic (exact) mass is 298 g/mol. The van der Waals surface area contributed by atoms with Crippen molar-refractivity contribution in [2.45, 2.75) is 39.7 Å². The molecule has 1 heterocycles. The standard InChI is InChI=1S/C15H23ClN2O2/c1-5-6-13-9-12(10-14(16)17-13)15(19)18(11(2)3)7-8-20-4/h9-11H,5-8H2,1-4H3. The van der Waals surface area contributed by atoms with Crippen LogP contribution in [0.3, 0.4) is 0 Å². The fourth-order valence-electron chi connectivity index (χ4n) is 2.01. The number of hydrogen-bond donors (Lipinski definition) is 0. The lowest BCUT2D eigenvalue weighted by Gasteiger charge is -2.26. The van der Waals surface area contributed by atoms with Crippen LogP contribution in [0.4, 0.5) is 0 Å². The van der Waals surface area contributed by atoms with E-state index in [4.69, 9.17) is 16.3 Å². The first-order valence-electron chi connectivity index (χ1n) is 6.96. The molecule has 20 heavy (non-hydrogen) atoms. The predicted molar refractivity (Wildman–Crippen MR) is 81.3 cm³/mol. The second kappa shape index (κ2) is 8.22. The number of aryl methyl sites for hydroxylation is 1. The molecule has 0 fully saturated rings. The van der Waals surface area contributed by atoms with E-state index in [0.717, 1.165) is 18.5 Å². The zero-order valence-electron chi connectivity index (χ0n) is 12.6. The summed E-state index contributed by atoms with van der Waals surface area (Å²) >= 11 is 6.01. The molecular formula is C15H23ClN2O2. The van der Waals surface area contributed by atoms with Gasteiger partial charge in [-0.3, -0.25) is 4.79 Å². The van der Waals surface area contributed by atoms with Gasteiger partial charge in [-0.25, -0.2) is 4.98 Å². The van der Waals surface area contributed by atoms with Crippen molar-refractivity contribution in [1.82, 2.24) is 9.88 Å². The second-order valence-electron chi connectivity index (χ2n) is 5.00. The Hall–Kier alpha value is -1.13. The van der Waals surface area contributed by atoms with Crippen LogP contribution in [-0.4, -0.2) is 42.1 Å². The molecule has 0 aliphatic carbocycles. The van der Waals surface area contributed by atoms with Gasteiger partial charge in [0, 0.05) is 31.0 Å². The summed E-state index contributed by atoms with van der Waals surface area (Å²) in [6.07, 6.45) is 1.79. The summed E-state index contributed by atoms with van der Waals surface area (Å²) in [6.45, 7) is 7.14. The normalized spacial score (nSPS) is 10.9. The van der Waals surface area contributed by atoms with E-state index in [-0.39, 0.29) is 11.9 Å². The summed E-state index contributed by atoms with van der Waals surface area (Å²) in [4.78, 5) is 18.6. The predicted octanol–water partition coefficient (Wildman–Crippen LogP) is 3.18. The fourth-order valence-corrected chi connectivity index (χ4v) is 2.23. The van der Waals surface area contributed by atoms with Crippen molar-refractivity contribution in [3.05, 3.63) is 28.5 Å². The number of methoxy groups -OCH3 is 1. The smallest absolute Gasteiger partial charge is 0.254 e. The molecule has 0 aliphatic rings. The molecule has 1 aromatic heterocycles. The number of amides is 1. The molecular weight excluding hydrogens is 276 g/mol. The van der Waals surface area contributed by atoms with Crippen molar-refractivity contribution in [1.29, 1.82) is 0 Å². The van der Waals surface area contributed by atoms with Crippen LogP contribution in [0.1, 0.15) is 43.2 Å². The Morgan fingerprint density at radius 2 is 2.15 bits per heavy atom. The molecule has 1 amide bonds. The van der Waals surface area contributed by atoms with Crippen molar-refractivity contribution < 1.29 is 9.53 Å². The molecule has 0 aromatic carbocycles. The third-order valence-electron chi connectivity index (χ3n) is 3.02. The molecule has 0 spiro atoms. The van der Waals surface area contributed by atoms with Crippen LogP contribution in [-0.2, 0) is 11.2 Å². The molecule has 0 unspecified atom stereocenters. The van der Waals surface area contributed by atoms with Gasteiger partial charge in [-0.05, 0) is 32.4 Å². The zero-order chi connectivity index (χ0) is 15.1. The van der Waals surface area contributed by atoms with E-state index in [1.807, 2.05) is 19.9 Å². The van der Waals surface area contributed by atoms with Gasteiger partial charge in [-0.15, -0.1) is 0 Å². The maximum absolute atomic E-state index is 12.6. The minimum absolute atomic E-state index is 0.0290. The van der Waals surface area contributed by atoms with E-state index in [2.05, 4.69) is 11.9 Å². The van der Waals surface area contributed by atoms with E-state index >= 15 is 0 Å². The highest BCUT2D eigenvalue weighted by atomic mass is 35.5. The number of pyridine rings is 1. The number of halogens is 1. The Bertz CT molecular complexity index is 449. The van der Waals surface area contributed by atoms with Crippen LogP contribution >= 0.6 is 11.6 Å². The van der Waals surface area contributed by atoms with E-state index < -0.39 is 0 Å². The molecule has 0 bridgehead atoms. The molecule has 1 aromatic rings. The molecule has 0 atom stereocenters. The van der Waals surface area contributed by atoms with E-state index in [0.29, 0.717) is 23.9 Å². The van der Waals surface area contributed by atoms with Crippen molar-refractivity contribution in [3.8, 4) is 0 Å². The van der Waals surface area contributed by atoms with Crippen molar-refractivity contribution in [2.24, 2.45) is 0 Å².